The summed E-state index contributed by atoms with van der Waals surface area (Å²) in [5, 5.41) is 3.01. The van der Waals surface area contributed by atoms with Gasteiger partial charge in [0.2, 0.25) is 0 Å². The molecule has 4 nitrogen and oxygen atoms in total. The molecule has 0 radical (unpaired) electrons. The minimum atomic E-state index is 0.804. The third kappa shape index (κ3) is 1.82. The summed E-state index contributed by atoms with van der Waals surface area (Å²) in [5.41, 5.74) is 2.76. The van der Waals surface area contributed by atoms with Gasteiger partial charge in [0.15, 0.2) is 0 Å². The van der Waals surface area contributed by atoms with Crippen molar-refractivity contribution in [1.29, 1.82) is 0 Å². The van der Waals surface area contributed by atoms with Gasteiger partial charge < -0.3 is 10.2 Å². The number of hydrogen-bond donors (Lipinski definition) is 1. The van der Waals surface area contributed by atoms with E-state index in [1.165, 1.54) is 11.1 Å². The third-order valence-electron chi connectivity index (χ3n) is 3.04. The Morgan fingerprint density at radius 2 is 1.82 bits per heavy atom. The molecule has 0 aliphatic carbocycles. The lowest BCUT2D eigenvalue weighted by Gasteiger charge is -2.16. The van der Waals surface area contributed by atoms with E-state index in [1.54, 1.807) is 6.20 Å². The van der Waals surface area contributed by atoms with Crippen LogP contribution >= 0.6 is 0 Å². The Balaban J connectivity index is 1.88. The van der Waals surface area contributed by atoms with Gasteiger partial charge in [0.1, 0.15) is 11.6 Å². The Morgan fingerprint density at radius 3 is 2.47 bits per heavy atom. The van der Waals surface area contributed by atoms with Gasteiger partial charge in [0.05, 0.1) is 12.4 Å². The normalized spacial score (nSPS) is 13.6. The number of fused-ring (bicyclic) bond motifs is 1. The van der Waals surface area contributed by atoms with Crippen LogP contribution in [-0.2, 0) is 13.1 Å². The smallest absolute Gasteiger partial charge is 0.150 e. The highest BCUT2D eigenvalue weighted by Gasteiger charge is 2.19. The van der Waals surface area contributed by atoms with Crippen molar-refractivity contribution in [3.63, 3.8) is 0 Å². The first kappa shape index (κ1) is 10.1. The summed E-state index contributed by atoms with van der Waals surface area (Å²) < 4.78 is 0. The van der Waals surface area contributed by atoms with Crippen molar-refractivity contribution in [2.45, 2.75) is 13.1 Å². The number of benzene rings is 1. The summed E-state index contributed by atoms with van der Waals surface area (Å²) in [5.74, 6) is 1.73. The molecule has 2 heterocycles. The average Bonchev–Trinajstić information content (AvgIpc) is 2.82. The van der Waals surface area contributed by atoms with Crippen molar-refractivity contribution in [2.75, 3.05) is 17.3 Å². The van der Waals surface area contributed by atoms with Crippen LogP contribution in [0.4, 0.5) is 11.6 Å². The fourth-order valence-corrected chi connectivity index (χ4v) is 2.12. The SMILES string of the molecule is CNc1cncc(N2Cc3ccccc3C2)n1. The number of nitrogens with one attached hydrogen (secondary N) is 1. The molecule has 1 N–H and O–H groups in total. The highest BCUT2D eigenvalue weighted by molar-refractivity contribution is 5.48. The molecule has 1 aliphatic heterocycles. The molecule has 0 amide bonds. The maximum Gasteiger partial charge on any atom is 0.150 e. The Hall–Kier alpha value is -2.10. The Labute approximate surface area is 100 Å². The number of anilines is 2. The molecule has 0 spiro atoms. The molecular weight excluding hydrogens is 212 g/mol. The predicted molar refractivity (Wildman–Crippen MR) is 67.9 cm³/mol. The van der Waals surface area contributed by atoms with E-state index in [1.807, 2.05) is 13.2 Å². The van der Waals surface area contributed by atoms with E-state index in [0.29, 0.717) is 0 Å². The monoisotopic (exact) mass is 226 g/mol. The van der Waals surface area contributed by atoms with Crippen molar-refractivity contribution in [2.24, 2.45) is 0 Å². The molecule has 0 unspecified atom stereocenters. The maximum atomic E-state index is 4.51. The van der Waals surface area contributed by atoms with Crippen LogP contribution in [0.1, 0.15) is 11.1 Å². The van der Waals surface area contributed by atoms with E-state index in [-0.39, 0.29) is 0 Å². The van der Waals surface area contributed by atoms with Gasteiger partial charge in [-0.2, -0.15) is 0 Å². The molecule has 0 bridgehead atoms. The molecule has 4 heteroatoms. The van der Waals surface area contributed by atoms with E-state index >= 15 is 0 Å². The van der Waals surface area contributed by atoms with E-state index in [4.69, 9.17) is 0 Å². The first-order chi connectivity index (χ1) is 8.36. The molecule has 17 heavy (non-hydrogen) atoms. The Morgan fingerprint density at radius 1 is 1.12 bits per heavy atom. The highest BCUT2D eigenvalue weighted by Crippen LogP contribution is 2.26. The van der Waals surface area contributed by atoms with Crippen LogP contribution in [0.25, 0.3) is 0 Å². The van der Waals surface area contributed by atoms with Gasteiger partial charge in [0.25, 0.3) is 0 Å². The van der Waals surface area contributed by atoms with Crippen molar-refractivity contribution < 1.29 is 0 Å². The fraction of sp³-hybridized carbons (Fsp3) is 0.231. The summed E-state index contributed by atoms with van der Waals surface area (Å²) in [4.78, 5) is 10.9. The van der Waals surface area contributed by atoms with E-state index in [0.717, 1.165) is 24.7 Å². The molecule has 1 aromatic carbocycles. The van der Waals surface area contributed by atoms with Crippen LogP contribution in [0.2, 0.25) is 0 Å². The topological polar surface area (TPSA) is 41.1 Å². The van der Waals surface area contributed by atoms with Crippen molar-refractivity contribution in [3.05, 3.63) is 47.8 Å². The molecule has 1 aliphatic rings. The number of rotatable bonds is 2. The molecule has 0 atom stereocenters. The van der Waals surface area contributed by atoms with Crippen LogP contribution < -0.4 is 10.2 Å². The van der Waals surface area contributed by atoms with Gasteiger partial charge in [-0.1, -0.05) is 24.3 Å². The summed E-state index contributed by atoms with van der Waals surface area (Å²) >= 11 is 0. The van der Waals surface area contributed by atoms with E-state index < -0.39 is 0 Å². The average molecular weight is 226 g/mol. The van der Waals surface area contributed by atoms with Crippen LogP contribution in [0.15, 0.2) is 36.7 Å². The minimum Gasteiger partial charge on any atom is -0.372 e. The predicted octanol–water partition coefficient (Wildman–Crippen LogP) is 2.04. The summed E-state index contributed by atoms with van der Waals surface area (Å²) in [7, 11) is 1.85. The second-order valence-electron chi connectivity index (χ2n) is 4.14. The zero-order valence-corrected chi connectivity index (χ0v) is 9.72. The van der Waals surface area contributed by atoms with Crippen molar-refractivity contribution >= 4 is 11.6 Å². The molecule has 0 saturated heterocycles. The highest BCUT2D eigenvalue weighted by atomic mass is 15.2. The van der Waals surface area contributed by atoms with Crippen LogP contribution in [0.3, 0.4) is 0 Å². The summed E-state index contributed by atoms with van der Waals surface area (Å²) in [6.07, 6.45) is 3.54. The fourth-order valence-electron chi connectivity index (χ4n) is 2.12. The molecule has 0 fully saturated rings. The standard InChI is InChI=1S/C13H14N4/c1-14-12-6-15-7-13(16-12)17-8-10-4-2-3-5-11(10)9-17/h2-7H,8-9H2,1H3,(H,14,16). The molecule has 2 aromatic rings. The zero-order chi connectivity index (χ0) is 11.7. The zero-order valence-electron chi connectivity index (χ0n) is 9.72. The second-order valence-corrected chi connectivity index (χ2v) is 4.14. The van der Waals surface area contributed by atoms with Crippen LogP contribution in [0.5, 0.6) is 0 Å². The molecule has 1 aromatic heterocycles. The van der Waals surface area contributed by atoms with Gasteiger partial charge in [-0.15, -0.1) is 0 Å². The quantitative estimate of drug-likeness (QED) is 0.850. The summed E-state index contributed by atoms with van der Waals surface area (Å²) in [6, 6.07) is 8.51. The van der Waals surface area contributed by atoms with E-state index in [2.05, 4.69) is 44.5 Å². The van der Waals surface area contributed by atoms with Gasteiger partial charge >= 0.3 is 0 Å². The van der Waals surface area contributed by atoms with Crippen molar-refractivity contribution in [1.82, 2.24) is 9.97 Å². The van der Waals surface area contributed by atoms with Gasteiger partial charge in [-0.25, -0.2) is 4.98 Å². The molecule has 3 rings (SSSR count). The number of nitrogens with zero attached hydrogens (tertiary/aromatic N) is 3. The first-order valence-corrected chi connectivity index (χ1v) is 5.68. The van der Waals surface area contributed by atoms with Gasteiger partial charge in [-0.3, -0.25) is 4.98 Å². The van der Waals surface area contributed by atoms with Crippen molar-refractivity contribution in [3.8, 4) is 0 Å². The molecule has 0 saturated carbocycles. The minimum absolute atomic E-state index is 0.804. The largest absolute Gasteiger partial charge is 0.372 e. The Kier molecular flexibility index (Phi) is 2.40. The molecular formula is C13H14N4. The van der Waals surface area contributed by atoms with Crippen LogP contribution in [-0.4, -0.2) is 17.0 Å². The van der Waals surface area contributed by atoms with Gasteiger partial charge in [-0.05, 0) is 11.1 Å². The maximum absolute atomic E-state index is 4.51. The number of hydrogen-bond acceptors (Lipinski definition) is 4. The Bertz CT molecular complexity index is 513. The lowest BCUT2D eigenvalue weighted by molar-refractivity contribution is 0.851. The van der Waals surface area contributed by atoms with E-state index in [9.17, 15) is 0 Å². The third-order valence-corrected chi connectivity index (χ3v) is 3.04. The second kappa shape index (κ2) is 4.05. The number of aromatic nitrogens is 2. The first-order valence-electron chi connectivity index (χ1n) is 5.68. The van der Waals surface area contributed by atoms with Crippen LogP contribution in [0, 0.1) is 0 Å². The summed E-state index contributed by atoms with van der Waals surface area (Å²) in [6.45, 7) is 1.83. The lowest BCUT2D eigenvalue weighted by Crippen LogP contribution is -2.16. The molecule has 86 valence electrons. The lowest BCUT2D eigenvalue weighted by atomic mass is 10.1. The van der Waals surface area contributed by atoms with Gasteiger partial charge in [0, 0.05) is 20.1 Å².